The lowest BCUT2D eigenvalue weighted by atomic mass is 9.96. The first-order valence-electron chi connectivity index (χ1n) is 6.85. The molecule has 17 heavy (non-hydrogen) atoms. The molecule has 0 aliphatic carbocycles. The summed E-state index contributed by atoms with van der Waals surface area (Å²) in [4.78, 5) is 7.30. The van der Waals surface area contributed by atoms with Crippen LogP contribution in [0, 0.1) is 0 Å². The normalized spacial score (nSPS) is 28.5. The largest absolute Gasteiger partial charge is 0.359 e. The predicted molar refractivity (Wildman–Crippen MR) is 76.9 cm³/mol. The molecule has 0 aromatic rings. The first-order valence-corrected chi connectivity index (χ1v) is 7.83. The van der Waals surface area contributed by atoms with Gasteiger partial charge in [-0.1, -0.05) is 25.6 Å². The molecule has 0 saturated carbocycles. The lowest BCUT2D eigenvalue weighted by molar-refractivity contribution is 0.257. The maximum absolute atomic E-state index is 4.90. The van der Waals surface area contributed by atoms with Crippen LogP contribution in [0.4, 0.5) is 0 Å². The van der Waals surface area contributed by atoms with Gasteiger partial charge in [0.15, 0.2) is 5.17 Å². The SMILES string of the molecule is CCC1(CC)CSC(=NC2CCN(C)CC2)N1. The average molecular weight is 255 g/mol. The molecule has 1 N–H and O–H groups in total. The van der Waals surface area contributed by atoms with Crippen LogP contribution in [0.2, 0.25) is 0 Å². The molecular formula is C13H25N3S. The van der Waals surface area contributed by atoms with Crippen molar-refractivity contribution in [2.45, 2.75) is 51.1 Å². The van der Waals surface area contributed by atoms with Crippen molar-refractivity contribution in [1.82, 2.24) is 10.2 Å². The molecule has 0 spiro atoms. The Morgan fingerprint density at radius 3 is 2.53 bits per heavy atom. The zero-order chi connectivity index (χ0) is 12.3. The number of amidine groups is 1. The van der Waals surface area contributed by atoms with Gasteiger partial charge in [-0.15, -0.1) is 0 Å². The maximum atomic E-state index is 4.90. The number of thioether (sulfide) groups is 1. The summed E-state index contributed by atoms with van der Waals surface area (Å²) in [5.74, 6) is 1.19. The summed E-state index contributed by atoms with van der Waals surface area (Å²) in [5.41, 5.74) is 0.314. The monoisotopic (exact) mass is 255 g/mol. The Bertz CT molecular complexity index is 278. The Morgan fingerprint density at radius 2 is 2.00 bits per heavy atom. The number of hydrogen-bond donors (Lipinski definition) is 1. The van der Waals surface area contributed by atoms with Crippen molar-refractivity contribution in [1.29, 1.82) is 0 Å². The van der Waals surface area contributed by atoms with Crippen LogP contribution in [-0.4, -0.2) is 47.5 Å². The quantitative estimate of drug-likeness (QED) is 0.839. The van der Waals surface area contributed by atoms with E-state index < -0.39 is 0 Å². The van der Waals surface area contributed by atoms with Crippen molar-refractivity contribution < 1.29 is 0 Å². The molecule has 2 rings (SSSR count). The van der Waals surface area contributed by atoms with Gasteiger partial charge in [0.25, 0.3) is 0 Å². The maximum Gasteiger partial charge on any atom is 0.157 e. The molecule has 98 valence electrons. The molecule has 2 fully saturated rings. The summed E-state index contributed by atoms with van der Waals surface area (Å²) in [6, 6.07) is 0.547. The Balaban J connectivity index is 1.91. The highest BCUT2D eigenvalue weighted by Gasteiger charge is 2.34. The van der Waals surface area contributed by atoms with E-state index in [-0.39, 0.29) is 0 Å². The van der Waals surface area contributed by atoms with Crippen molar-refractivity contribution in [3.05, 3.63) is 0 Å². The van der Waals surface area contributed by atoms with E-state index in [0.29, 0.717) is 11.6 Å². The van der Waals surface area contributed by atoms with Crippen molar-refractivity contribution in [2.75, 3.05) is 25.9 Å². The molecule has 0 aromatic carbocycles. The van der Waals surface area contributed by atoms with E-state index in [2.05, 4.69) is 31.1 Å². The Labute approximate surface area is 109 Å². The fraction of sp³-hybridized carbons (Fsp3) is 0.923. The molecule has 0 bridgehead atoms. The number of nitrogens with one attached hydrogen (secondary N) is 1. The lowest BCUT2D eigenvalue weighted by Gasteiger charge is -2.28. The summed E-state index contributed by atoms with van der Waals surface area (Å²) < 4.78 is 0. The van der Waals surface area contributed by atoms with E-state index >= 15 is 0 Å². The molecule has 0 unspecified atom stereocenters. The van der Waals surface area contributed by atoms with Gasteiger partial charge in [0.1, 0.15) is 0 Å². The Hall–Kier alpha value is -0.220. The van der Waals surface area contributed by atoms with Crippen LogP contribution in [0.3, 0.4) is 0 Å². The Kier molecular flexibility index (Phi) is 4.36. The van der Waals surface area contributed by atoms with Crippen LogP contribution in [0.5, 0.6) is 0 Å². The van der Waals surface area contributed by atoms with Gasteiger partial charge in [-0.2, -0.15) is 0 Å². The molecule has 2 aliphatic rings. The van der Waals surface area contributed by atoms with Crippen LogP contribution in [-0.2, 0) is 0 Å². The number of rotatable bonds is 3. The highest BCUT2D eigenvalue weighted by atomic mass is 32.2. The zero-order valence-electron chi connectivity index (χ0n) is 11.3. The van der Waals surface area contributed by atoms with Crippen molar-refractivity contribution in [2.24, 2.45) is 4.99 Å². The fourth-order valence-electron chi connectivity index (χ4n) is 2.50. The van der Waals surface area contributed by atoms with Crippen molar-refractivity contribution in [3.63, 3.8) is 0 Å². The summed E-state index contributed by atoms with van der Waals surface area (Å²) in [6.07, 6.45) is 4.83. The summed E-state index contributed by atoms with van der Waals surface area (Å²) in [5, 5.41) is 4.86. The van der Waals surface area contributed by atoms with Crippen molar-refractivity contribution in [3.8, 4) is 0 Å². The number of nitrogens with zero attached hydrogens (tertiary/aromatic N) is 2. The number of piperidine rings is 1. The molecule has 0 atom stereocenters. The van der Waals surface area contributed by atoms with Gasteiger partial charge in [-0.05, 0) is 45.8 Å². The molecule has 3 nitrogen and oxygen atoms in total. The Morgan fingerprint density at radius 1 is 1.35 bits per heavy atom. The minimum absolute atomic E-state index is 0.314. The van der Waals surface area contributed by atoms with Crippen LogP contribution in [0.15, 0.2) is 4.99 Å². The van der Waals surface area contributed by atoms with Crippen molar-refractivity contribution >= 4 is 16.9 Å². The van der Waals surface area contributed by atoms with Gasteiger partial charge in [-0.25, -0.2) is 0 Å². The molecule has 0 aromatic heterocycles. The fourth-order valence-corrected chi connectivity index (χ4v) is 3.90. The third kappa shape index (κ3) is 3.16. The second-order valence-corrected chi connectivity index (χ2v) is 6.33. The van der Waals surface area contributed by atoms with Crippen LogP contribution in [0.1, 0.15) is 39.5 Å². The second kappa shape index (κ2) is 5.61. The van der Waals surface area contributed by atoms with E-state index in [0.717, 1.165) is 0 Å². The smallest absolute Gasteiger partial charge is 0.157 e. The number of likely N-dealkylation sites (tertiary alicyclic amines) is 1. The van der Waals surface area contributed by atoms with E-state index in [4.69, 9.17) is 4.99 Å². The predicted octanol–water partition coefficient (Wildman–Crippen LogP) is 2.33. The van der Waals surface area contributed by atoms with Crippen LogP contribution >= 0.6 is 11.8 Å². The molecule has 4 heteroatoms. The minimum Gasteiger partial charge on any atom is -0.359 e. The average Bonchev–Trinajstić information content (AvgIpc) is 2.76. The summed E-state index contributed by atoms with van der Waals surface area (Å²) in [7, 11) is 2.20. The molecule has 0 amide bonds. The van der Waals surface area contributed by atoms with Crippen LogP contribution < -0.4 is 5.32 Å². The number of aliphatic imine (C=N–C) groups is 1. The molecule has 0 radical (unpaired) electrons. The second-order valence-electron chi connectivity index (χ2n) is 5.37. The number of hydrogen-bond acceptors (Lipinski definition) is 3. The third-order valence-corrected chi connectivity index (χ3v) is 5.38. The first kappa shape index (κ1) is 13.2. The van der Waals surface area contributed by atoms with Crippen LogP contribution in [0.25, 0.3) is 0 Å². The van der Waals surface area contributed by atoms with Gasteiger partial charge in [0.05, 0.1) is 6.04 Å². The van der Waals surface area contributed by atoms with Gasteiger partial charge in [-0.3, -0.25) is 4.99 Å². The highest BCUT2D eigenvalue weighted by Crippen LogP contribution is 2.29. The van der Waals surface area contributed by atoms with E-state index in [1.807, 2.05) is 11.8 Å². The zero-order valence-corrected chi connectivity index (χ0v) is 12.1. The standard InChI is InChI=1S/C13H25N3S/c1-4-13(5-2)10-17-12(15-13)14-11-6-8-16(3)9-7-11/h11H,4-10H2,1-3H3,(H,14,15). The third-order valence-electron chi connectivity index (χ3n) is 4.20. The van der Waals surface area contributed by atoms with Gasteiger partial charge in [0, 0.05) is 11.3 Å². The summed E-state index contributed by atoms with van der Waals surface area (Å²) in [6.45, 7) is 6.93. The molecular weight excluding hydrogens is 230 g/mol. The minimum atomic E-state index is 0.314. The topological polar surface area (TPSA) is 27.6 Å². The highest BCUT2D eigenvalue weighted by molar-refractivity contribution is 8.14. The molecule has 2 heterocycles. The van der Waals surface area contributed by atoms with Gasteiger partial charge in [0.2, 0.25) is 0 Å². The molecule has 2 aliphatic heterocycles. The van der Waals surface area contributed by atoms with E-state index in [1.165, 1.54) is 49.7 Å². The summed E-state index contributed by atoms with van der Waals surface area (Å²) >= 11 is 1.92. The lowest BCUT2D eigenvalue weighted by Crippen LogP contribution is -2.43. The first-order chi connectivity index (χ1) is 8.17. The van der Waals surface area contributed by atoms with E-state index in [1.54, 1.807) is 0 Å². The van der Waals surface area contributed by atoms with Gasteiger partial charge < -0.3 is 10.2 Å². The van der Waals surface area contributed by atoms with Gasteiger partial charge >= 0.3 is 0 Å². The molecule has 2 saturated heterocycles. The van der Waals surface area contributed by atoms with E-state index in [9.17, 15) is 0 Å².